The Morgan fingerprint density at radius 2 is 1.80 bits per heavy atom. The fourth-order valence-corrected chi connectivity index (χ4v) is 3.02. The van der Waals surface area contributed by atoms with Crippen LogP contribution in [0, 0.1) is 5.92 Å². The van der Waals surface area contributed by atoms with Gasteiger partial charge in [0.05, 0.1) is 0 Å². The van der Waals surface area contributed by atoms with Crippen molar-refractivity contribution >= 4 is 18.3 Å². The highest BCUT2D eigenvalue weighted by atomic mass is 35.5. The molecule has 2 rings (SSSR count). The average Bonchev–Trinajstić information content (AvgIpc) is 2.58. The van der Waals surface area contributed by atoms with Crippen LogP contribution in [0.25, 0.3) is 0 Å². The van der Waals surface area contributed by atoms with Crippen molar-refractivity contribution in [3.05, 3.63) is 29.8 Å². The molecule has 1 aliphatic heterocycles. The van der Waals surface area contributed by atoms with Gasteiger partial charge in [0.1, 0.15) is 5.75 Å². The summed E-state index contributed by atoms with van der Waals surface area (Å²) < 4.78 is 5.68. The molecule has 25 heavy (non-hydrogen) atoms. The molecule has 0 bridgehead atoms. The molecular weight excluding hydrogens is 336 g/mol. The first kappa shape index (κ1) is 21.8. The van der Waals surface area contributed by atoms with Crippen molar-refractivity contribution in [1.29, 1.82) is 0 Å². The molecule has 0 aliphatic carbocycles. The third-order valence-corrected chi connectivity index (χ3v) is 4.73. The highest BCUT2D eigenvalue weighted by molar-refractivity contribution is 5.85. The van der Waals surface area contributed by atoms with Gasteiger partial charge in [-0.2, -0.15) is 0 Å². The van der Waals surface area contributed by atoms with Crippen LogP contribution in [-0.4, -0.2) is 43.6 Å². The quantitative estimate of drug-likeness (QED) is 0.833. The van der Waals surface area contributed by atoms with Gasteiger partial charge in [-0.3, -0.25) is 4.79 Å². The molecule has 1 amide bonds. The minimum atomic E-state index is 0. The lowest BCUT2D eigenvalue weighted by molar-refractivity contribution is -0.134. The molecule has 0 atom stereocenters. The number of nitrogens with one attached hydrogen (secondary N) is 1. The number of halogens is 1. The SMILES string of the molecule is CCNCC1CCN(C(=O)COc2ccc(C(C)(C)C)cc2)CC1.Cl. The van der Waals surface area contributed by atoms with Crippen molar-refractivity contribution in [3.8, 4) is 5.75 Å². The van der Waals surface area contributed by atoms with Gasteiger partial charge in [-0.25, -0.2) is 0 Å². The van der Waals surface area contributed by atoms with E-state index in [-0.39, 0.29) is 30.3 Å². The van der Waals surface area contributed by atoms with Crippen molar-refractivity contribution in [2.75, 3.05) is 32.8 Å². The number of ether oxygens (including phenoxy) is 1. The molecule has 1 aromatic rings. The number of carbonyl (C=O) groups excluding carboxylic acids is 1. The third-order valence-electron chi connectivity index (χ3n) is 4.73. The van der Waals surface area contributed by atoms with E-state index in [2.05, 4.69) is 45.1 Å². The maximum Gasteiger partial charge on any atom is 0.260 e. The number of piperidine rings is 1. The molecule has 0 unspecified atom stereocenters. The Morgan fingerprint density at radius 1 is 1.20 bits per heavy atom. The van der Waals surface area contributed by atoms with E-state index in [0.29, 0.717) is 5.92 Å². The fraction of sp³-hybridized carbons (Fsp3) is 0.650. The van der Waals surface area contributed by atoms with Crippen molar-refractivity contribution in [2.45, 2.75) is 46.0 Å². The number of rotatable bonds is 6. The van der Waals surface area contributed by atoms with E-state index in [0.717, 1.165) is 44.8 Å². The maximum atomic E-state index is 12.3. The van der Waals surface area contributed by atoms with Crippen molar-refractivity contribution < 1.29 is 9.53 Å². The number of carbonyl (C=O) groups is 1. The standard InChI is InChI=1S/C20H32N2O2.ClH/c1-5-21-14-16-10-12-22(13-11-16)19(23)15-24-18-8-6-17(7-9-18)20(2,3)4;/h6-9,16,21H,5,10-15H2,1-4H3;1H. The zero-order valence-corrected chi connectivity index (χ0v) is 16.8. The van der Waals surface area contributed by atoms with Gasteiger partial charge in [0.25, 0.3) is 5.91 Å². The first-order valence-electron chi connectivity index (χ1n) is 9.12. The maximum absolute atomic E-state index is 12.3. The minimum Gasteiger partial charge on any atom is -0.484 e. The Balaban J connectivity index is 0.00000312. The highest BCUT2D eigenvalue weighted by Gasteiger charge is 2.22. The van der Waals surface area contributed by atoms with Gasteiger partial charge in [-0.1, -0.05) is 39.8 Å². The van der Waals surface area contributed by atoms with Crippen LogP contribution in [0.1, 0.15) is 46.1 Å². The van der Waals surface area contributed by atoms with Crippen LogP contribution in [0.2, 0.25) is 0 Å². The molecular formula is C20H33ClN2O2. The molecule has 1 aliphatic rings. The van der Waals surface area contributed by atoms with E-state index >= 15 is 0 Å². The molecule has 1 fully saturated rings. The predicted molar refractivity (Wildman–Crippen MR) is 106 cm³/mol. The van der Waals surface area contributed by atoms with Crippen LogP contribution in [-0.2, 0) is 10.2 Å². The lowest BCUT2D eigenvalue weighted by Crippen LogP contribution is -2.42. The molecule has 1 aromatic carbocycles. The van der Waals surface area contributed by atoms with Crippen LogP contribution >= 0.6 is 12.4 Å². The van der Waals surface area contributed by atoms with Crippen molar-refractivity contribution in [1.82, 2.24) is 10.2 Å². The largest absolute Gasteiger partial charge is 0.484 e. The summed E-state index contributed by atoms with van der Waals surface area (Å²) in [7, 11) is 0. The molecule has 0 saturated carbocycles. The van der Waals surface area contributed by atoms with Crippen molar-refractivity contribution in [3.63, 3.8) is 0 Å². The average molecular weight is 369 g/mol. The summed E-state index contributed by atoms with van der Waals surface area (Å²) in [4.78, 5) is 14.2. The van der Waals surface area contributed by atoms with E-state index in [4.69, 9.17) is 4.74 Å². The Morgan fingerprint density at radius 3 is 2.32 bits per heavy atom. The summed E-state index contributed by atoms with van der Waals surface area (Å²) in [5.74, 6) is 1.55. The molecule has 0 radical (unpaired) electrons. The van der Waals surface area contributed by atoms with Crippen LogP contribution in [0.3, 0.4) is 0 Å². The lowest BCUT2D eigenvalue weighted by atomic mass is 9.87. The first-order chi connectivity index (χ1) is 11.4. The summed E-state index contributed by atoms with van der Waals surface area (Å²) in [6, 6.07) is 8.06. The number of nitrogens with zero attached hydrogens (tertiary/aromatic N) is 1. The van der Waals surface area contributed by atoms with Crippen LogP contribution in [0.4, 0.5) is 0 Å². The summed E-state index contributed by atoms with van der Waals surface area (Å²) in [6.45, 7) is 12.6. The number of likely N-dealkylation sites (tertiary alicyclic amines) is 1. The van der Waals surface area contributed by atoms with E-state index in [1.165, 1.54) is 5.56 Å². The van der Waals surface area contributed by atoms with E-state index in [1.807, 2.05) is 17.0 Å². The summed E-state index contributed by atoms with van der Waals surface area (Å²) in [5, 5.41) is 3.40. The van der Waals surface area contributed by atoms with Gasteiger partial charge in [0.15, 0.2) is 6.61 Å². The van der Waals surface area contributed by atoms with Gasteiger partial charge >= 0.3 is 0 Å². The Hall–Kier alpha value is -1.26. The Kier molecular flexibility index (Phi) is 8.74. The normalized spacial score (nSPS) is 15.6. The first-order valence-corrected chi connectivity index (χ1v) is 9.12. The topological polar surface area (TPSA) is 41.6 Å². The Labute approximate surface area is 158 Å². The number of hydrogen-bond acceptors (Lipinski definition) is 3. The van der Waals surface area contributed by atoms with E-state index in [9.17, 15) is 4.79 Å². The van der Waals surface area contributed by atoms with Gasteiger partial charge in [-0.15, -0.1) is 12.4 Å². The second-order valence-corrected chi connectivity index (χ2v) is 7.69. The molecule has 0 spiro atoms. The second-order valence-electron chi connectivity index (χ2n) is 7.69. The Bertz CT molecular complexity index is 517. The monoisotopic (exact) mass is 368 g/mol. The van der Waals surface area contributed by atoms with Gasteiger partial charge in [-0.05, 0) is 55.0 Å². The van der Waals surface area contributed by atoms with Gasteiger partial charge in [0.2, 0.25) is 0 Å². The fourth-order valence-electron chi connectivity index (χ4n) is 3.02. The summed E-state index contributed by atoms with van der Waals surface area (Å²) >= 11 is 0. The molecule has 1 N–H and O–H groups in total. The molecule has 5 heteroatoms. The molecule has 1 heterocycles. The lowest BCUT2D eigenvalue weighted by Gasteiger charge is -2.32. The third kappa shape index (κ3) is 6.87. The van der Waals surface area contributed by atoms with Gasteiger partial charge < -0.3 is 15.0 Å². The van der Waals surface area contributed by atoms with Crippen LogP contribution in [0.15, 0.2) is 24.3 Å². The number of benzene rings is 1. The zero-order valence-electron chi connectivity index (χ0n) is 16.0. The number of hydrogen-bond donors (Lipinski definition) is 1. The smallest absolute Gasteiger partial charge is 0.260 e. The molecule has 1 saturated heterocycles. The minimum absolute atomic E-state index is 0. The molecule has 4 nitrogen and oxygen atoms in total. The van der Waals surface area contributed by atoms with Crippen LogP contribution in [0.5, 0.6) is 5.75 Å². The summed E-state index contributed by atoms with van der Waals surface area (Å²) in [5.41, 5.74) is 1.40. The summed E-state index contributed by atoms with van der Waals surface area (Å²) in [6.07, 6.45) is 2.16. The zero-order chi connectivity index (χ0) is 17.6. The van der Waals surface area contributed by atoms with E-state index < -0.39 is 0 Å². The highest BCUT2D eigenvalue weighted by Crippen LogP contribution is 2.24. The van der Waals surface area contributed by atoms with E-state index in [1.54, 1.807) is 0 Å². The predicted octanol–water partition coefficient (Wildman–Crippen LogP) is 3.63. The molecule has 142 valence electrons. The second kappa shape index (κ2) is 10.0. The van der Waals surface area contributed by atoms with Gasteiger partial charge in [0, 0.05) is 13.1 Å². The van der Waals surface area contributed by atoms with Crippen LogP contribution < -0.4 is 10.1 Å². The molecule has 0 aromatic heterocycles. The number of amides is 1. The van der Waals surface area contributed by atoms with Crippen molar-refractivity contribution in [2.24, 2.45) is 5.92 Å².